The molecule has 26 heavy (non-hydrogen) atoms. The minimum absolute atomic E-state index is 0.00618. The van der Waals surface area contributed by atoms with Gasteiger partial charge in [0.2, 0.25) is 17.6 Å². The van der Waals surface area contributed by atoms with Crippen molar-refractivity contribution in [1.82, 2.24) is 15.0 Å². The van der Waals surface area contributed by atoms with Gasteiger partial charge < -0.3 is 9.42 Å². The third-order valence-corrected chi connectivity index (χ3v) is 5.15. The van der Waals surface area contributed by atoms with Crippen LogP contribution in [0.25, 0.3) is 11.4 Å². The molecular weight excluding hydrogens is 350 g/mol. The number of Topliss-reactive ketones (excluding diaryl/α,β-unsaturated/α-hetero) is 1. The first kappa shape index (κ1) is 16.7. The second kappa shape index (κ2) is 7.21. The zero-order valence-corrected chi connectivity index (χ0v) is 14.8. The molecule has 132 valence electrons. The fraction of sp³-hybridized carbons (Fsp3) is 0.263. The summed E-state index contributed by atoms with van der Waals surface area (Å²) in [5.74, 6) is 1.20. The number of ketones is 1. The highest BCUT2D eigenvalue weighted by molar-refractivity contribution is 7.08. The predicted octanol–water partition coefficient (Wildman–Crippen LogP) is 3.39. The molecule has 1 fully saturated rings. The molecule has 7 heteroatoms. The van der Waals surface area contributed by atoms with E-state index in [1.165, 1.54) is 0 Å². The molecule has 1 aromatic carbocycles. The molecule has 4 rings (SSSR count). The van der Waals surface area contributed by atoms with Crippen LogP contribution in [0.3, 0.4) is 0 Å². The monoisotopic (exact) mass is 367 g/mol. The van der Waals surface area contributed by atoms with E-state index >= 15 is 0 Å². The number of benzene rings is 1. The number of likely N-dealkylation sites (tertiary alicyclic amines) is 1. The molecule has 0 atom stereocenters. The van der Waals surface area contributed by atoms with E-state index in [9.17, 15) is 9.59 Å². The van der Waals surface area contributed by atoms with E-state index in [2.05, 4.69) is 10.1 Å². The van der Waals surface area contributed by atoms with E-state index in [0.717, 1.165) is 5.56 Å². The van der Waals surface area contributed by atoms with Gasteiger partial charge in [0.1, 0.15) is 0 Å². The molecular formula is C19H17N3O3S. The van der Waals surface area contributed by atoms with Crippen molar-refractivity contribution in [2.75, 3.05) is 13.1 Å². The third kappa shape index (κ3) is 3.43. The second-order valence-corrected chi connectivity index (χ2v) is 7.03. The highest BCUT2D eigenvalue weighted by Gasteiger charge is 2.35. The molecule has 0 unspecified atom stereocenters. The average molecular weight is 367 g/mol. The zero-order chi connectivity index (χ0) is 17.9. The summed E-state index contributed by atoms with van der Waals surface area (Å²) in [5.41, 5.74) is 1.59. The number of amides is 1. The third-order valence-electron chi connectivity index (χ3n) is 4.47. The molecule has 0 N–H and O–H groups in total. The van der Waals surface area contributed by atoms with Gasteiger partial charge in [0.25, 0.3) is 0 Å². The van der Waals surface area contributed by atoms with Crippen LogP contribution in [0.1, 0.15) is 35.0 Å². The minimum Gasteiger partial charge on any atom is -0.341 e. The molecule has 3 heterocycles. The van der Waals surface area contributed by atoms with Gasteiger partial charge in [0.15, 0.2) is 5.78 Å². The van der Waals surface area contributed by atoms with E-state index in [0.29, 0.717) is 30.4 Å². The second-order valence-electron chi connectivity index (χ2n) is 6.25. The normalized spacial score (nSPS) is 14.2. The first-order valence-corrected chi connectivity index (χ1v) is 9.37. The van der Waals surface area contributed by atoms with E-state index in [-0.39, 0.29) is 30.4 Å². The van der Waals surface area contributed by atoms with Crippen LogP contribution in [0.2, 0.25) is 0 Å². The number of nitrogens with zero attached hydrogens (tertiary/aromatic N) is 3. The van der Waals surface area contributed by atoms with Crippen LogP contribution in [0, 0.1) is 0 Å². The van der Waals surface area contributed by atoms with Crippen LogP contribution >= 0.6 is 11.3 Å². The van der Waals surface area contributed by atoms with Gasteiger partial charge in [-0.05, 0) is 11.4 Å². The van der Waals surface area contributed by atoms with E-state index in [1.807, 2.05) is 35.0 Å². The van der Waals surface area contributed by atoms with Crippen LogP contribution in [0.4, 0.5) is 0 Å². The fourth-order valence-electron chi connectivity index (χ4n) is 2.90. The molecule has 1 aliphatic rings. The Balaban J connectivity index is 1.27. The summed E-state index contributed by atoms with van der Waals surface area (Å²) in [6, 6.07) is 11.0. The van der Waals surface area contributed by atoms with Crippen molar-refractivity contribution in [2.24, 2.45) is 0 Å². The first-order chi connectivity index (χ1) is 12.7. The van der Waals surface area contributed by atoms with E-state index in [1.54, 1.807) is 28.4 Å². The molecule has 1 amide bonds. The van der Waals surface area contributed by atoms with Crippen LogP contribution < -0.4 is 0 Å². The van der Waals surface area contributed by atoms with Crippen molar-refractivity contribution in [3.8, 4) is 11.4 Å². The molecule has 2 aromatic heterocycles. The Morgan fingerprint density at radius 1 is 1.15 bits per heavy atom. The van der Waals surface area contributed by atoms with Gasteiger partial charge in [-0.3, -0.25) is 9.59 Å². The number of hydrogen-bond acceptors (Lipinski definition) is 6. The Bertz CT molecular complexity index is 899. The summed E-state index contributed by atoms with van der Waals surface area (Å²) < 4.78 is 5.33. The van der Waals surface area contributed by atoms with Crippen molar-refractivity contribution < 1.29 is 14.1 Å². The van der Waals surface area contributed by atoms with Crippen molar-refractivity contribution >= 4 is 23.0 Å². The molecule has 1 aliphatic heterocycles. The van der Waals surface area contributed by atoms with Gasteiger partial charge in [-0.15, -0.1) is 0 Å². The lowest BCUT2D eigenvalue weighted by molar-refractivity contribution is -0.135. The summed E-state index contributed by atoms with van der Waals surface area (Å²) >= 11 is 1.58. The Morgan fingerprint density at radius 3 is 2.69 bits per heavy atom. The molecule has 0 spiro atoms. The quantitative estimate of drug-likeness (QED) is 0.624. The predicted molar refractivity (Wildman–Crippen MR) is 96.9 cm³/mol. The Hall–Kier alpha value is -2.80. The maximum Gasteiger partial charge on any atom is 0.233 e. The minimum atomic E-state index is -0.0110. The lowest BCUT2D eigenvalue weighted by atomic mass is 9.98. The average Bonchev–Trinajstić information content (AvgIpc) is 3.30. The molecule has 3 aromatic rings. The highest BCUT2D eigenvalue weighted by Crippen LogP contribution is 2.28. The number of rotatable bonds is 6. The number of hydrogen-bond donors (Lipinski definition) is 0. The van der Waals surface area contributed by atoms with Gasteiger partial charge in [-0.2, -0.15) is 16.3 Å². The molecule has 6 nitrogen and oxygen atoms in total. The summed E-state index contributed by atoms with van der Waals surface area (Å²) in [5, 5.41) is 7.93. The Kier molecular flexibility index (Phi) is 4.62. The van der Waals surface area contributed by atoms with Crippen molar-refractivity contribution in [2.45, 2.75) is 18.8 Å². The topological polar surface area (TPSA) is 76.3 Å². The first-order valence-electron chi connectivity index (χ1n) is 8.43. The molecule has 0 saturated carbocycles. The number of carbonyl (C=O) groups excluding carboxylic acids is 2. The van der Waals surface area contributed by atoms with Crippen LogP contribution in [-0.2, 0) is 4.79 Å². The van der Waals surface area contributed by atoms with E-state index in [4.69, 9.17) is 4.52 Å². The van der Waals surface area contributed by atoms with Gasteiger partial charge in [-0.1, -0.05) is 35.5 Å². The number of aromatic nitrogens is 2. The van der Waals surface area contributed by atoms with Crippen molar-refractivity contribution in [3.05, 3.63) is 58.6 Å². The number of carbonyl (C=O) groups is 2. The molecule has 0 radical (unpaired) electrons. The van der Waals surface area contributed by atoms with Crippen LogP contribution in [0.15, 0.2) is 51.7 Å². The van der Waals surface area contributed by atoms with Crippen LogP contribution in [-0.4, -0.2) is 39.8 Å². The summed E-state index contributed by atoms with van der Waals surface area (Å²) in [7, 11) is 0. The van der Waals surface area contributed by atoms with Crippen molar-refractivity contribution in [3.63, 3.8) is 0 Å². The summed E-state index contributed by atoms with van der Waals surface area (Å²) in [4.78, 5) is 30.5. The Morgan fingerprint density at radius 2 is 1.96 bits per heavy atom. The standard InChI is InChI=1S/C19H17N3O3S/c23-16(13-4-2-1-3-5-13)6-7-17(24)22-10-15(11-22)19-20-18(21-25-19)14-8-9-26-12-14/h1-5,8-9,12,15H,6-7,10-11H2. The SMILES string of the molecule is O=C(CCC(=O)N1CC(c2nc(-c3ccsc3)no2)C1)c1ccccc1. The molecule has 0 aliphatic carbocycles. The summed E-state index contributed by atoms with van der Waals surface area (Å²) in [6.07, 6.45) is 0.456. The lowest BCUT2D eigenvalue weighted by Gasteiger charge is -2.37. The molecule has 0 bridgehead atoms. The van der Waals surface area contributed by atoms with Gasteiger partial charge >= 0.3 is 0 Å². The van der Waals surface area contributed by atoms with Gasteiger partial charge in [-0.25, -0.2) is 0 Å². The van der Waals surface area contributed by atoms with Gasteiger partial charge in [0.05, 0.1) is 5.92 Å². The zero-order valence-electron chi connectivity index (χ0n) is 14.0. The Labute approximate surface area is 154 Å². The lowest BCUT2D eigenvalue weighted by Crippen LogP contribution is -2.48. The maximum absolute atomic E-state index is 12.2. The highest BCUT2D eigenvalue weighted by atomic mass is 32.1. The summed E-state index contributed by atoms with van der Waals surface area (Å²) in [6.45, 7) is 1.12. The van der Waals surface area contributed by atoms with Crippen LogP contribution in [0.5, 0.6) is 0 Å². The van der Waals surface area contributed by atoms with Crippen molar-refractivity contribution in [1.29, 1.82) is 0 Å². The largest absolute Gasteiger partial charge is 0.341 e. The fourth-order valence-corrected chi connectivity index (χ4v) is 3.53. The van der Waals surface area contributed by atoms with E-state index < -0.39 is 0 Å². The number of thiophene rings is 1. The molecule has 1 saturated heterocycles. The maximum atomic E-state index is 12.2. The van der Waals surface area contributed by atoms with Gasteiger partial charge in [0, 0.05) is 42.4 Å². The smallest absolute Gasteiger partial charge is 0.233 e.